The highest BCUT2D eigenvalue weighted by molar-refractivity contribution is 7.30. The third-order valence-electron chi connectivity index (χ3n) is 5.62. The summed E-state index contributed by atoms with van der Waals surface area (Å²) in [5, 5.41) is 2.60. The molecule has 0 bridgehead atoms. The highest BCUT2D eigenvalue weighted by atomic mass is 31.0. The van der Waals surface area contributed by atoms with E-state index in [1.165, 1.54) is 53.1 Å². The lowest BCUT2D eigenvalue weighted by molar-refractivity contribution is 0.614. The maximum atomic E-state index is 14.3. The van der Waals surface area contributed by atoms with Crippen LogP contribution in [0.3, 0.4) is 0 Å². The fourth-order valence-electron chi connectivity index (χ4n) is 3.64. The Morgan fingerprint density at radius 2 is 1.51 bits per heavy atom. The summed E-state index contributed by atoms with van der Waals surface area (Å²) in [7, 11) is 0.697. The second kappa shape index (κ2) is 21.4. The van der Waals surface area contributed by atoms with Gasteiger partial charge < -0.3 is 0 Å². The van der Waals surface area contributed by atoms with Crippen molar-refractivity contribution in [3.05, 3.63) is 74.9 Å². The van der Waals surface area contributed by atoms with Gasteiger partial charge in [0, 0.05) is 0 Å². The zero-order chi connectivity index (χ0) is 27.4. The smallest absolute Gasteiger partial charge is 0.126 e. The van der Waals surface area contributed by atoms with Crippen molar-refractivity contribution >= 4 is 25.9 Å². The summed E-state index contributed by atoms with van der Waals surface area (Å²) in [5.74, 6) is -0.132. The van der Waals surface area contributed by atoms with E-state index in [1.807, 2.05) is 47.6 Å². The Balaban J connectivity index is 0. The molecule has 2 heteroatoms. The van der Waals surface area contributed by atoms with Gasteiger partial charge in [0.1, 0.15) is 5.82 Å². The van der Waals surface area contributed by atoms with Gasteiger partial charge in [-0.2, -0.15) is 0 Å². The van der Waals surface area contributed by atoms with Crippen LogP contribution in [0, 0.1) is 19.7 Å². The molecule has 1 aromatic heterocycles. The van der Waals surface area contributed by atoms with Gasteiger partial charge in [0.25, 0.3) is 0 Å². The van der Waals surface area contributed by atoms with Crippen molar-refractivity contribution in [2.24, 2.45) is 0 Å². The Morgan fingerprint density at radius 1 is 0.943 bits per heavy atom. The Morgan fingerprint density at radius 3 is 1.97 bits per heavy atom. The topological polar surface area (TPSA) is 0 Å². The SMILES string of the molecule is C=CCCc1cc(/C(C)=C/C(C)=c2/cc(C)[pH]c2=C)cc(F)c1C.CC.CC.CCCCCCC. The van der Waals surface area contributed by atoms with Crippen molar-refractivity contribution in [3.63, 3.8) is 0 Å². The van der Waals surface area contributed by atoms with Gasteiger partial charge >= 0.3 is 0 Å². The van der Waals surface area contributed by atoms with Gasteiger partial charge in [0.05, 0.1) is 0 Å². The Bertz CT molecular complexity index is 971. The zero-order valence-electron chi connectivity index (χ0n) is 24.6. The molecule has 1 heterocycles. The van der Waals surface area contributed by atoms with Crippen LogP contribution < -0.4 is 10.2 Å². The highest BCUT2D eigenvalue weighted by Gasteiger charge is 2.08. The average molecular weight is 501 g/mol. The van der Waals surface area contributed by atoms with Gasteiger partial charge in [-0.25, -0.2) is 4.39 Å². The highest BCUT2D eigenvalue weighted by Crippen LogP contribution is 2.23. The minimum absolute atomic E-state index is 0.132. The van der Waals surface area contributed by atoms with Gasteiger partial charge in [-0.15, -0.1) is 14.8 Å². The molecule has 0 saturated carbocycles. The number of allylic oxidation sites excluding steroid dienone is 3. The fourth-order valence-corrected chi connectivity index (χ4v) is 4.74. The molecule has 0 aliphatic heterocycles. The summed E-state index contributed by atoms with van der Waals surface area (Å²) >= 11 is 0. The van der Waals surface area contributed by atoms with E-state index in [2.05, 4.69) is 59.1 Å². The molecule has 0 aliphatic rings. The molecule has 2 aromatic rings. The number of aryl methyl sites for hydroxylation is 2. The molecule has 0 amide bonds. The van der Waals surface area contributed by atoms with Crippen molar-refractivity contribution in [1.82, 2.24) is 0 Å². The molecule has 0 N–H and O–H groups in total. The van der Waals surface area contributed by atoms with E-state index in [9.17, 15) is 4.39 Å². The summed E-state index contributed by atoms with van der Waals surface area (Å²) in [5.41, 5.74) is 5.02. The molecule has 0 radical (unpaired) electrons. The lowest BCUT2D eigenvalue weighted by atomic mass is 9.96. The predicted molar refractivity (Wildman–Crippen MR) is 165 cm³/mol. The number of rotatable bonds is 9. The fraction of sp³-hybridized carbons (Fsp3) is 0.515. The normalized spacial score (nSPS) is 11.5. The summed E-state index contributed by atoms with van der Waals surface area (Å²) in [6.45, 7) is 28.5. The predicted octanol–water partition coefficient (Wildman–Crippen LogP) is 10.3. The van der Waals surface area contributed by atoms with Crippen LogP contribution in [0.4, 0.5) is 4.39 Å². The maximum absolute atomic E-state index is 14.3. The summed E-state index contributed by atoms with van der Waals surface area (Å²) in [6, 6.07) is 5.96. The van der Waals surface area contributed by atoms with E-state index < -0.39 is 0 Å². The first-order chi connectivity index (χ1) is 16.7. The van der Waals surface area contributed by atoms with Crippen molar-refractivity contribution < 1.29 is 4.39 Å². The van der Waals surface area contributed by atoms with Crippen LogP contribution in [0.2, 0.25) is 0 Å². The van der Waals surface area contributed by atoms with E-state index in [0.717, 1.165) is 35.1 Å². The third kappa shape index (κ3) is 13.7. The molecule has 1 aromatic carbocycles. The number of hydrogen-bond acceptors (Lipinski definition) is 0. The Hall–Kier alpha value is -1.85. The van der Waals surface area contributed by atoms with Gasteiger partial charge in [-0.1, -0.05) is 98.4 Å². The van der Waals surface area contributed by atoms with Crippen molar-refractivity contribution in [3.8, 4) is 0 Å². The van der Waals surface area contributed by atoms with Crippen LogP contribution in [0.5, 0.6) is 0 Å². The van der Waals surface area contributed by atoms with Crippen LogP contribution in [-0.2, 0) is 6.42 Å². The molecule has 0 saturated heterocycles. The van der Waals surface area contributed by atoms with Crippen LogP contribution in [0.15, 0.2) is 36.9 Å². The van der Waals surface area contributed by atoms with Gasteiger partial charge in [-0.05, 0) is 96.0 Å². The van der Waals surface area contributed by atoms with Gasteiger partial charge in [0.2, 0.25) is 0 Å². The summed E-state index contributed by atoms with van der Waals surface area (Å²) in [4.78, 5) is 1.19. The third-order valence-corrected chi connectivity index (χ3v) is 6.73. The van der Waals surface area contributed by atoms with E-state index in [4.69, 9.17) is 0 Å². The second-order valence-corrected chi connectivity index (χ2v) is 10.1. The molecule has 198 valence electrons. The Labute approximate surface area is 219 Å². The van der Waals surface area contributed by atoms with Crippen molar-refractivity contribution in [2.75, 3.05) is 0 Å². The van der Waals surface area contributed by atoms with Gasteiger partial charge in [-0.3, -0.25) is 0 Å². The van der Waals surface area contributed by atoms with Crippen molar-refractivity contribution in [2.45, 2.75) is 114 Å². The Kier molecular flexibility index (Phi) is 21.6. The molecule has 1 atom stereocenters. The van der Waals surface area contributed by atoms with Crippen molar-refractivity contribution in [1.29, 1.82) is 0 Å². The van der Waals surface area contributed by atoms with Crippen LogP contribution in [-0.4, -0.2) is 0 Å². The molecule has 2 rings (SSSR count). The van der Waals surface area contributed by atoms with E-state index in [0.29, 0.717) is 8.19 Å². The molecule has 0 spiro atoms. The quantitative estimate of drug-likeness (QED) is 0.237. The number of halogens is 1. The minimum Gasteiger partial charge on any atom is -0.207 e. The van der Waals surface area contributed by atoms with E-state index in [-0.39, 0.29) is 5.82 Å². The number of hydrogen-bond donors (Lipinski definition) is 0. The molecule has 0 aliphatic carbocycles. The molecular weight excluding hydrogens is 446 g/mol. The van der Waals surface area contributed by atoms with Gasteiger partial charge in [0.15, 0.2) is 0 Å². The zero-order valence-corrected chi connectivity index (χ0v) is 25.6. The summed E-state index contributed by atoms with van der Waals surface area (Å²) in [6.07, 6.45) is 12.7. The first kappa shape index (κ1) is 35.3. The molecule has 0 fully saturated rings. The minimum atomic E-state index is -0.132. The first-order valence-electron chi connectivity index (χ1n) is 13.7. The molecule has 35 heavy (non-hydrogen) atoms. The van der Waals surface area contributed by atoms with E-state index >= 15 is 0 Å². The first-order valence-corrected chi connectivity index (χ1v) is 14.7. The lowest BCUT2D eigenvalue weighted by Gasteiger charge is -2.10. The monoisotopic (exact) mass is 500 g/mol. The van der Waals surface area contributed by atoms with Crippen LogP contribution in [0.25, 0.3) is 17.7 Å². The average Bonchev–Trinajstić information content (AvgIpc) is 3.21. The summed E-state index contributed by atoms with van der Waals surface area (Å²) < 4.78 is 14.3. The number of benzene rings is 1. The standard InChI is InChI=1S/C22H26FP.C7H16.2C2H6/c1-7-8-9-19-12-20(13-22(23)17(19)5)14(2)10-15(3)21-11-16(4)24-18(21)6;1-3-5-7-6-4-2;2*1-2/h7,10-13,24H,1,6,8-9H2,2-5H3;3-7H2,1-2H3;2*1-2H3/b14-10+,21-15-;;;. The number of unbranched alkanes of at least 4 members (excludes halogenated alkanes) is 4. The molecular formula is C33H54FP. The lowest BCUT2D eigenvalue weighted by Crippen LogP contribution is -2.17. The largest absolute Gasteiger partial charge is 0.207 e. The molecule has 1 unspecified atom stereocenters. The maximum Gasteiger partial charge on any atom is 0.126 e. The second-order valence-electron chi connectivity index (χ2n) is 8.49. The van der Waals surface area contributed by atoms with E-state index in [1.54, 1.807) is 6.07 Å². The van der Waals surface area contributed by atoms with Crippen LogP contribution in [0.1, 0.15) is 116 Å². The van der Waals surface area contributed by atoms with Crippen LogP contribution >= 0.6 is 8.19 Å². The molecule has 0 nitrogen and oxygen atoms in total.